The Labute approximate surface area is 123 Å². The first-order chi connectivity index (χ1) is 9.27. The topological polar surface area (TPSA) is 30.9 Å². The number of nitrogens with two attached hydrogens (primary N) is 1. The summed E-state index contributed by atoms with van der Waals surface area (Å²) in [5.74, 6) is 0. The fourth-order valence-electron chi connectivity index (χ4n) is 4.26. The van der Waals surface area contributed by atoms with Gasteiger partial charge >= 0.3 is 0 Å². The number of aromatic nitrogens is 1. The van der Waals surface area contributed by atoms with E-state index < -0.39 is 0 Å². The minimum atomic E-state index is 0.232. The number of fused-ring (bicyclic) bond motifs is 1. The molecule has 20 heavy (non-hydrogen) atoms. The molecule has 2 heteroatoms. The Kier molecular flexibility index (Phi) is 3.28. The first-order valence-corrected chi connectivity index (χ1v) is 8.23. The highest BCUT2D eigenvalue weighted by atomic mass is 15.0. The van der Waals surface area contributed by atoms with E-state index in [0.29, 0.717) is 16.9 Å². The van der Waals surface area contributed by atoms with Crippen LogP contribution < -0.4 is 5.73 Å². The van der Waals surface area contributed by atoms with Crippen LogP contribution in [0.2, 0.25) is 0 Å². The van der Waals surface area contributed by atoms with Crippen molar-refractivity contribution in [3.8, 4) is 0 Å². The van der Waals surface area contributed by atoms with Gasteiger partial charge in [0.1, 0.15) is 0 Å². The molecule has 1 aromatic rings. The second-order valence-corrected chi connectivity index (χ2v) is 8.67. The monoisotopic (exact) mass is 274 g/mol. The normalized spacial score (nSPS) is 29.1. The molecule has 2 nitrogen and oxygen atoms in total. The van der Waals surface area contributed by atoms with E-state index in [9.17, 15) is 0 Å². The van der Waals surface area contributed by atoms with Crippen LogP contribution >= 0.6 is 0 Å². The lowest BCUT2D eigenvalue weighted by Gasteiger charge is -2.39. The highest BCUT2D eigenvalue weighted by molar-refractivity contribution is 5.30. The SMILES string of the molecule is CC1(C)CCC(n2ccc3c2CC(C)(C)CC3N)CC1. The average molecular weight is 274 g/mol. The molecule has 2 aliphatic rings. The van der Waals surface area contributed by atoms with E-state index in [1.54, 1.807) is 0 Å². The van der Waals surface area contributed by atoms with Crippen LogP contribution in [-0.2, 0) is 6.42 Å². The Morgan fingerprint density at radius 2 is 1.75 bits per heavy atom. The van der Waals surface area contributed by atoms with Gasteiger partial charge in [-0.15, -0.1) is 0 Å². The van der Waals surface area contributed by atoms with Gasteiger partial charge in [0.15, 0.2) is 0 Å². The van der Waals surface area contributed by atoms with E-state index in [2.05, 4.69) is 44.5 Å². The van der Waals surface area contributed by atoms with Crippen molar-refractivity contribution in [1.29, 1.82) is 0 Å². The predicted octanol–water partition coefficient (Wildman–Crippen LogP) is 4.60. The molecule has 1 saturated carbocycles. The summed E-state index contributed by atoms with van der Waals surface area (Å²) in [5.41, 5.74) is 10.2. The van der Waals surface area contributed by atoms with Crippen LogP contribution in [0, 0.1) is 10.8 Å². The summed E-state index contributed by atoms with van der Waals surface area (Å²) in [6.07, 6.45) is 9.95. The average Bonchev–Trinajstić information content (AvgIpc) is 2.71. The lowest BCUT2D eigenvalue weighted by molar-refractivity contribution is 0.187. The van der Waals surface area contributed by atoms with Crippen LogP contribution in [0.25, 0.3) is 0 Å². The molecule has 0 saturated heterocycles. The zero-order valence-corrected chi connectivity index (χ0v) is 13.6. The molecule has 0 bridgehead atoms. The van der Waals surface area contributed by atoms with Gasteiger partial charge in [0.05, 0.1) is 0 Å². The standard InChI is InChI=1S/C18H30N2/c1-17(2)8-5-13(6-9-17)20-10-7-14-15(19)11-18(3,4)12-16(14)20/h7,10,13,15H,5-6,8-9,11-12,19H2,1-4H3. The molecular formula is C18H30N2. The molecular weight excluding hydrogens is 244 g/mol. The van der Waals surface area contributed by atoms with Crippen molar-refractivity contribution < 1.29 is 0 Å². The fourth-order valence-corrected chi connectivity index (χ4v) is 4.26. The van der Waals surface area contributed by atoms with E-state index in [1.807, 2.05) is 0 Å². The molecule has 1 fully saturated rings. The fraction of sp³-hybridized carbons (Fsp3) is 0.778. The quantitative estimate of drug-likeness (QED) is 0.797. The summed E-state index contributed by atoms with van der Waals surface area (Å²) in [7, 11) is 0. The highest BCUT2D eigenvalue weighted by Gasteiger charge is 2.35. The van der Waals surface area contributed by atoms with Gasteiger partial charge < -0.3 is 10.3 Å². The van der Waals surface area contributed by atoms with Gasteiger partial charge in [0.25, 0.3) is 0 Å². The van der Waals surface area contributed by atoms with E-state index in [4.69, 9.17) is 5.73 Å². The zero-order chi connectivity index (χ0) is 14.5. The molecule has 1 atom stereocenters. The van der Waals surface area contributed by atoms with Crippen molar-refractivity contribution in [2.45, 2.75) is 78.3 Å². The summed E-state index contributed by atoms with van der Waals surface area (Å²) >= 11 is 0. The van der Waals surface area contributed by atoms with E-state index in [0.717, 1.165) is 6.42 Å². The third-order valence-electron chi connectivity index (χ3n) is 5.58. The van der Waals surface area contributed by atoms with Crippen molar-refractivity contribution in [3.63, 3.8) is 0 Å². The molecule has 0 amide bonds. The molecule has 1 unspecified atom stereocenters. The van der Waals surface area contributed by atoms with Crippen molar-refractivity contribution in [2.24, 2.45) is 16.6 Å². The van der Waals surface area contributed by atoms with Crippen LogP contribution in [0.5, 0.6) is 0 Å². The first kappa shape index (κ1) is 14.2. The van der Waals surface area contributed by atoms with Crippen LogP contribution in [0.3, 0.4) is 0 Å². The molecule has 3 rings (SSSR count). The van der Waals surface area contributed by atoms with Crippen LogP contribution in [0.15, 0.2) is 12.3 Å². The van der Waals surface area contributed by atoms with Crippen molar-refractivity contribution >= 4 is 0 Å². The highest BCUT2D eigenvalue weighted by Crippen LogP contribution is 2.45. The Balaban J connectivity index is 1.86. The Hall–Kier alpha value is -0.760. The third kappa shape index (κ3) is 2.55. The van der Waals surface area contributed by atoms with Crippen molar-refractivity contribution in [1.82, 2.24) is 4.57 Å². The maximum Gasteiger partial charge on any atom is 0.0333 e. The molecule has 0 spiro atoms. The van der Waals surface area contributed by atoms with E-state index in [-0.39, 0.29) is 6.04 Å². The van der Waals surface area contributed by atoms with E-state index in [1.165, 1.54) is 43.4 Å². The first-order valence-electron chi connectivity index (χ1n) is 8.23. The van der Waals surface area contributed by atoms with E-state index >= 15 is 0 Å². The molecule has 1 aromatic heterocycles. The van der Waals surface area contributed by atoms with Crippen LogP contribution in [0.1, 0.15) is 83.1 Å². The third-order valence-corrected chi connectivity index (χ3v) is 5.58. The zero-order valence-electron chi connectivity index (χ0n) is 13.6. The van der Waals surface area contributed by atoms with Gasteiger partial charge in [-0.2, -0.15) is 0 Å². The maximum atomic E-state index is 6.39. The Bertz CT molecular complexity index is 486. The lowest BCUT2D eigenvalue weighted by atomic mass is 9.73. The van der Waals surface area contributed by atoms with Gasteiger partial charge in [0.2, 0.25) is 0 Å². The minimum absolute atomic E-state index is 0.232. The second-order valence-electron chi connectivity index (χ2n) is 8.67. The predicted molar refractivity (Wildman–Crippen MR) is 84.7 cm³/mol. The smallest absolute Gasteiger partial charge is 0.0333 e. The summed E-state index contributed by atoms with van der Waals surface area (Å²) in [6, 6.07) is 3.22. The van der Waals surface area contributed by atoms with Crippen LogP contribution in [-0.4, -0.2) is 4.57 Å². The molecule has 0 radical (unpaired) electrons. The largest absolute Gasteiger partial charge is 0.348 e. The number of hydrogen-bond acceptors (Lipinski definition) is 1. The van der Waals surface area contributed by atoms with Gasteiger partial charge in [0, 0.05) is 24.0 Å². The van der Waals surface area contributed by atoms with Gasteiger partial charge in [-0.05, 0) is 61.0 Å². The molecule has 112 valence electrons. The maximum absolute atomic E-state index is 6.39. The Morgan fingerprint density at radius 1 is 1.10 bits per heavy atom. The molecule has 0 aliphatic heterocycles. The summed E-state index contributed by atoms with van der Waals surface area (Å²) < 4.78 is 2.57. The molecule has 2 aliphatic carbocycles. The molecule has 1 heterocycles. The van der Waals surface area contributed by atoms with Crippen LogP contribution in [0.4, 0.5) is 0 Å². The van der Waals surface area contributed by atoms with Crippen molar-refractivity contribution in [2.75, 3.05) is 0 Å². The van der Waals surface area contributed by atoms with Crippen molar-refractivity contribution in [3.05, 3.63) is 23.5 Å². The lowest BCUT2D eigenvalue weighted by Crippen LogP contribution is -2.32. The Morgan fingerprint density at radius 3 is 2.40 bits per heavy atom. The summed E-state index contributed by atoms with van der Waals surface area (Å²) in [5, 5.41) is 0. The summed E-state index contributed by atoms with van der Waals surface area (Å²) in [6.45, 7) is 9.54. The van der Waals surface area contributed by atoms with Gasteiger partial charge in [-0.25, -0.2) is 0 Å². The number of hydrogen-bond donors (Lipinski definition) is 1. The molecule has 0 aromatic carbocycles. The minimum Gasteiger partial charge on any atom is -0.348 e. The second kappa shape index (κ2) is 4.62. The summed E-state index contributed by atoms with van der Waals surface area (Å²) in [4.78, 5) is 0. The number of nitrogens with zero attached hydrogens (tertiary/aromatic N) is 1. The number of rotatable bonds is 1. The molecule has 2 N–H and O–H groups in total. The van der Waals surface area contributed by atoms with Gasteiger partial charge in [-0.3, -0.25) is 0 Å². The van der Waals surface area contributed by atoms with Gasteiger partial charge in [-0.1, -0.05) is 27.7 Å².